The molecule has 0 aliphatic rings. The summed E-state index contributed by atoms with van der Waals surface area (Å²) in [5.41, 5.74) is 0. The molecule has 25 heteroatoms. The molecule has 4 aromatic rings. The molecule has 0 fully saturated rings. The van der Waals surface area contributed by atoms with Gasteiger partial charge in [0, 0.05) is 119 Å². The summed E-state index contributed by atoms with van der Waals surface area (Å²) in [6.07, 6.45) is 0. The number of hydrogen-bond acceptors (Lipinski definition) is 25. The predicted octanol–water partition coefficient (Wildman–Crippen LogP) is 6.24. The van der Waals surface area contributed by atoms with Gasteiger partial charge >= 0.3 is 65.7 Å². The van der Waals surface area contributed by atoms with E-state index in [1.807, 2.05) is 0 Å². The van der Waals surface area contributed by atoms with E-state index in [4.69, 9.17) is 66.3 Å². The van der Waals surface area contributed by atoms with Crippen LogP contribution in [0.4, 0.5) is 0 Å². The van der Waals surface area contributed by atoms with E-state index < -0.39 is 158 Å². The minimum atomic E-state index is -1.17. The van der Waals surface area contributed by atoms with E-state index in [9.17, 15) is 52.7 Å². The molecule has 0 saturated carbocycles. The van der Waals surface area contributed by atoms with Gasteiger partial charge in [-0.15, -0.1) is 0 Å². The number of hydrogen-bond donors (Lipinski definition) is 0. The molecule has 0 unspecified atom stereocenters. The van der Waals surface area contributed by atoms with Crippen LogP contribution < -0.4 is 66.3 Å². The largest absolute Gasteiger partial charge is 0.449 e. The molecule has 0 bridgehead atoms. The van der Waals surface area contributed by atoms with E-state index in [0.717, 1.165) is 119 Å². The number of ether oxygens (including phenoxy) is 14. The first-order valence-electron chi connectivity index (χ1n) is 20.0. The molecule has 25 nitrogen and oxygen atoms in total. The van der Waals surface area contributed by atoms with Gasteiger partial charge in [-0.1, -0.05) is 0 Å². The number of benzene rings is 4. The Kier molecular flexibility index (Phi) is 17.9. The first-order chi connectivity index (χ1) is 33.2. The number of carbonyl (C=O) groups excluding carboxylic acids is 11. The fraction of sp³-hybridized carbons (Fsp3) is 0.239. The first-order valence-corrected chi connectivity index (χ1v) is 20.0. The van der Waals surface area contributed by atoms with E-state index in [1.54, 1.807) is 0 Å². The lowest BCUT2D eigenvalue weighted by molar-refractivity contribution is -0.135. The van der Waals surface area contributed by atoms with Crippen LogP contribution in [0.1, 0.15) is 76.2 Å². The van der Waals surface area contributed by atoms with Crippen LogP contribution in [0.15, 0.2) is 42.5 Å². The fourth-order valence-electron chi connectivity index (χ4n) is 5.63. The molecule has 4 aromatic carbocycles. The monoisotopic (exact) mass is 992 g/mol. The van der Waals surface area contributed by atoms with Gasteiger partial charge in [-0.05, 0) is 0 Å². The predicted molar refractivity (Wildman–Crippen MR) is 230 cm³/mol. The second-order valence-corrected chi connectivity index (χ2v) is 13.9. The van der Waals surface area contributed by atoms with Gasteiger partial charge in [-0.3, -0.25) is 52.7 Å². The molecule has 0 N–H and O–H groups in total. The van der Waals surface area contributed by atoms with E-state index in [2.05, 4.69) is 0 Å². The normalized spacial score (nSPS) is 10.2. The maximum Gasteiger partial charge on any atom is 0.308 e. The van der Waals surface area contributed by atoms with Crippen molar-refractivity contribution in [3.8, 4) is 97.7 Å². The first kappa shape index (κ1) is 54.1. The number of carbonyl (C=O) groups is 11. The second-order valence-electron chi connectivity index (χ2n) is 13.9. The summed E-state index contributed by atoms with van der Waals surface area (Å²) >= 11 is 0. The topological polar surface area (TPSA) is 317 Å². The zero-order chi connectivity index (χ0) is 53.0. The molecule has 374 valence electrons. The average Bonchev–Trinajstić information content (AvgIpc) is 3.19. The minimum absolute atomic E-state index is 0.344. The van der Waals surface area contributed by atoms with Crippen LogP contribution in [0.25, 0.3) is 0 Å². The molecule has 71 heavy (non-hydrogen) atoms. The average molecular weight is 993 g/mol. The van der Waals surface area contributed by atoms with Crippen LogP contribution in [-0.4, -0.2) is 65.7 Å². The van der Waals surface area contributed by atoms with Crippen molar-refractivity contribution in [3.63, 3.8) is 0 Å². The van der Waals surface area contributed by atoms with Crippen molar-refractivity contribution in [2.24, 2.45) is 0 Å². The minimum Gasteiger partial charge on any atom is -0.449 e. The van der Waals surface area contributed by atoms with Crippen LogP contribution in [0.5, 0.6) is 97.7 Å². The lowest BCUT2D eigenvalue weighted by Crippen LogP contribution is -2.12. The Morgan fingerprint density at radius 2 is 0.437 bits per heavy atom. The van der Waals surface area contributed by atoms with Gasteiger partial charge in [-0.2, -0.15) is 0 Å². The summed E-state index contributed by atoms with van der Waals surface area (Å²) < 4.78 is 77.0. The molecule has 0 radical (unpaired) electrons. The second kappa shape index (κ2) is 23.5. The SMILES string of the molecule is CC(=O)Oc1cc(OC(C)=O)c(Oc2cc(OC(C)=O)c(Oc3cc(OC(C)=O)c(OC(C)=O)c(OC(C)=O)c3)c(OC(C)=O)c2Oc2cc(OC(C)=O)c(OC(C)=O)c(OC(C)=O)c2)c(OC(C)=O)c1. The van der Waals surface area contributed by atoms with Gasteiger partial charge in [0.15, 0.2) is 46.0 Å². The zero-order valence-electron chi connectivity index (χ0n) is 39.2. The van der Waals surface area contributed by atoms with Crippen molar-refractivity contribution >= 4 is 65.7 Å². The maximum atomic E-state index is 13.1. The molecule has 0 heterocycles. The van der Waals surface area contributed by atoms with Gasteiger partial charge in [0.25, 0.3) is 0 Å². The maximum absolute atomic E-state index is 13.1. The van der Waals surface area contributed by atoms with Gasteiger partial charge in [0.2, 0.25) is 34.5 Å². The highest BCUT2D eigenvalue weighted by atomic mass is 16.6. The van der Waals surface area contributed by atoms with Crippen LogP contribution in [-0.2, 0) is 52.7 Å². The summed E-state index contributed by atoms with van der Waals surface area (Å²) in [4.78, 5) is 136. The molecule has 0 aliphatic heterocycles. The summed E-state index contributed by atoms with van der Waals surface area (Å²) in [5.74, 6) is -21.9. The van der Waals surface area contributed by atoms with Crippen molar-refractivity contribution in [1.82, 2.24) is 0 Å². The van der Waals surface area contributed by atoms with E-state index in [-0.39, 0.29) is 5.75 Å². The van der Waals surface area contributed by atoms with E-state index in [1.165, 1.54) is 0 Å². The third-order valence-corrected chi connectivity index (χ3v) is 7.53. The van der Waals surface area contributed by atoms with Crippen LogP contribution in [0.3, 0.4) is 0 Å². The molecular weight excluding hydrogens is 952 g/mol. The van der Waals surface area contributed by atoms with Crippen LogP contribution >= 0.6 is 0 Å². The zero-order valence-corrected chi connectivity index (χ0v) is 39.2. The molecule has 4 rings (SSSR count). The summed E-state index contributed by atoms with van der Waals surface area (Å²) in [7, 11) is 0. The lowest BCUT2D eigenvalue weighted by atomic mass is 10.2. The van der Waals surface area contributed by atoms with Crippen molar-refractivity contribution in [1.29, 1.82) is 0 Å². The lowest BCUT2D eigenvalue weighted by Gasteiger charge is -2.23. The quantitative estimate of drug-likeness (QED) is 0.0834. The Hall–Kier alpha value is -9.55. The Balaban J connectivity index is 2.28. The summed E-state index contributed by atoms with van der Waals surface area (Å²) in [6.45, 7) is 10.6. The highest BCUT2D eigenvalue weighted by Gasteiger charge is 2.33. The molecule has 0 amide bonds. The Morgan fingerprint density at radius 3 is 0.718 bits per heavy atom. The van der Waals surface area contributed by atoms with Gasteiger partial charge < -0.3 is 66.3 Å². The molecule has 0 spiro atoms. The van der Waals surface area contributed by atoms with E-state index >= 15 is 0 Å². The molecule has 0 saturated heterocycles. The van der Waals surface area contributed by atoms with Gasteiger partial charge in [0.1, 0.15) is 17.2 Å². The summed E-state index contributed by atoms with van der Waals surface area (Å²) in [6, 6.07) is 6.47. The standard InChI is InChI=1S/C46H40O25/c1-19(47)58-30-12-37(63-24(6)52)43(38(13-30)64-25(7)53)71-40-18-39(65-26(8)54)44(69-31-14-33(59-20(2)48)41(66-27(9)55)34(15-31)60-21(3)49)46(68-29(11)57)45(40)70-32-16-35(61-22(4)50)42(67-28(10)56)36(17-32)62-23(5)51/h12-18H,1-11H3. The number of rotatable bonds is 17. The fourth-order valence-corrected chi connectivity index (χ4v) is 5.63. The molecule has 0 aromatic heterocycles. The highest BCUT2D eigenvalue weighted by molar-refractivity contribution is 5.83. The highest BCUT2D eigenvalue weighted by Crippen LogP contribution is 2.57. The summed E-state index contributed by atoms with van der Waals surface area (Å²) in [5, 5.41) is 0. The number of esters is 11. The Morgan fingerprint density at radius 1 is 0.211 bits per heavy atom. The van der Waals surface area contributed by atoms with Crippen LogP contribution in [0.2, 0.25) is 0 Å². The molecule has 0 atom stereocenters. The van der Waals surface area contributed by atoms with Crippen molar-refractivity contribution in [2.75, 3.05) is 0 Å². The van der Waals surface area contributed by atoms with Gasteiger partial charge in [-0.25, -0.2) is 0 Å². The van der Waals surface area contributed by atoms with Crippen LogP contribution in [0, 0.1) is 0 Å². The van der Waals surface area contributed by atoms with Crippen molar-refractivity contribution in [2.45, 2.75) is 76.2 Å². The molecule has 0 aliphatic carbocycles. The van der Waals surface area contributed by atoms with Gasteiger partial charge in [0.05, 0.1) is 0 Å². The Labute approximate surface area is 400 Å². The van der Waals surface area contributed by atoms with Crippen molar-refractivity contribution < 1.29 is 119 Å². The molecular formula is C46H40O25. The van der Waals surface area contributed by atoms with Crippen molar-refractivity contribution in [3.05, 3.63) is 42.5 Å². The third-order valence-electron chi connectivity index (χ3n) is 7.53. The van der Waals surface area contributed by atoms with E-state index in [0.29, 0.717) is 0 Å². The smallest absolute Gasteiger partial charge is 0.308 e. The Bertz CT molecular complexity index is 2780. The third kappa shape index (κ3) is 15.8.